The number of anilines is 1. The van der Waals surface area contributed by atoms with Crippen LogP contribution in [0.25, 0.3) is 16.9 Å². The lowest BCUT2D eigenvalue weighted by molar-refractivity contribution is 0.277. The van der Waals surface area contributed by atoms with Gasteiger partial charge in [0.05, 0.1) is 11.9 Å². The summed E-state index contributed by atoms with van der Waals surface area (Å²) < 4.78 is 7.83. The quantitative estimate of drug-likeness (QED) is 0.460. The number of ether oxygens (including phenoxy) is 1. The second-order valence-corrected chi connectivity index (χ2v) is 8.04. The number of hydrogen-bond acceptors (Lipinski definition) is 5. The molecule has 31 heavy (non-hydrogen) atoms. The van der Waals surface area contributed by atoms with E-state index in [0.29, 0.717) is 12.6 Å². The van der Waals surface area contributed by atoms with Crippen molar-refractivity contribution in [2.75, 3.05) is 18.5 Å². The van der Waals surface area contributed by atoms with Gasteiger partial charge in [0.2, 0.25) is 0 Å². The normalized spacial score (nSPS) is 17.0. The third kappa shape index (κ3) is 4.39. The van der Waals surface area contributed by atoms with Crippen LogP contribution < -0.4 is 15.4 Å². The third-order valence-electron chi connectivity index (χ3n) is 5.79. The predicted octanol–water partition coefficient (Wildman–Crippen LogP) is 4.70. The van der Waals surface area contributed by atoms with E-state index in [1.54, 1.807) is 0 Å². The van der Waals surface area contributed by atoms with Gasteiger partial charge in [0.25, 0.3) is 0 Å². The average Bonchev–Trinajstić information content (AvgIpc) is 3.48. The summed E-state index contributed by atoms with van der Waals surface area (Å²) in [5.41, 5.74) is 4.05. The molecule has 1 saturated heterocycles. The number of nitrogens with one attached hydrogen (secondary N) is 2. The summed E-state index contributed by atoms with van der Waals surface area (Å²) in [6.07, 6.45) is 4.28. The number of hydrogen-bond donors (Lipinski definition) is 2. The van der Waals surface area contributed by atoms with Gasteiger partial charge in [-0.25, -0.2) is 9.50 Å². The van der Waals surface area contributed by atoms with Crippen molar-refractivity contribution in [1.82, 2.24) is 19.9 Å². The number of benzene rings is 2. The van der Waals surface area contributed by atoms with Crippen LogP contribution in [-0.2, 0) is 0 Å². The van der Waals surface area contributed by atoms with Crippen molar-refractivity contribution in [3.05, 3.63) is 78.5 Å². The lowest BCUT2D eigenvalue weighted by Crippen LogP contribution is -2.28. The van der Waals surface area contributed by atoms with E-state index in [-0.39, 0.29) is 6.04 Å². The second-order valence-electron chi connectivity index (χ2n) is 8.04. The van der Waals surface area contributed by atoms with Crippen LogP contribution in [0.3, 0.4) is 0 Å². The highest BCUT2D eigenvalue weighted by Gasteiger charge is 2.15. The molecule has 2 aromatic carbocycles. The van der Waals surface area contributed by atoms with Gasteiger partial charge in [-0.3, -0.25) is 0 Å². The summed E-state index contributed by atoms with van der Waals surface area (Å²) in [6, 6.07) is 23.1. The van der Waals surface area contributed by atoms with Crippen LogP contribution in [0.2, 0.25) is 0 Å². The molecule has 3 heterocycles. The standard InChI is InChI=1S/C25H27N5O/c1-18(19-6-3-2-4-7-19)28-24-13-14-25-27-16-23(30(25)29-24)20-9-11-22(12-10-20)31-17-21-8-5-15-26-21/h2-4,6-7,9-14,16,18,21,26H,5,8,15,17H2,1H3,(H,28,29)/t18-,21+/m1/s1. The van der Waals surface area contributed by atoms with Crippen molar-refractivity contribution in [3.8, 4) is 17.0 Å². The average molecular weight is 414 g/mol. The molecule has 0 bridgehead atoms. The zero-order valence-electron chi connectivity index (χ0n) is 17.7. The summed E-state index contributed by atoms with van der Waals surface area (Å²) in [5.74, 6) is 1.70. The van der Waals surface area contributed by atoms with Crippen LogP contribution in [0.15, 0.2) is 72.9 Å². The Balaban J connectivity index is 1.33. The maximum atomic E-state index is 5.94. The molecule has 0 saturated carbocycles. The van der Waals surface area contributed by atoms with E-state index in [2.05, 4.69) is 58.9 Å². The highest BCUT2D eigenvalue weighted by atomic mass is 16.5. The number of fused-ring (bicyclic) bond motifs is 1. The first-order valence-corrected chi connectivity index (χ1v) is 10.9. The Morgan fingerprint density at radius 2 is 1.94 bits per heavy atom. The number of aromatic nitrogens is 3. The van der Waals surface area contributed by atoms with Gasteiger partial charge in [-0.2, -0.15) is 0 Å². The molecule has 5 rings (SSSR count). The molecule has 2 atom stereocenters. The Hall–Kier alpha value is -3.38. The minimum Gasteiger partial charge on any atom is -0.492 e. The van der Waals surface area contributed by atoms with E-state index in [9.17, 15) is 0 Å². The van der Waals surface area contributed by atoms with Crippen molar-refractivity contribution >= 4 is 11.5 Å². The molecule has 0 unspecified atom stereocenters. The molecule has 1 aliphatic heterocycles. The fourth-order valence-electron chi connectivity index (χ4n) is 4.01. The fourth-order valence-corrected chi connectivity index (χ4v) is 4.01. The summed E-state index contributed by atoms with van der Waals surface area (Å²) in [6.45, 7) is 3.94. The van der Waals surface area contributed by atoms with E-state index >= 15 is 0 Å². The van der Waals surface area contributed by atoms with Gasteiger partial charge in [0.15, 0.2) is 5.65 Å². The molecule has 158 valence electrons. The van der Waals surface area contributed by atoms with Crippen LogP contribution in [-0.4, -0.2) is 33.8 Å². The molecular formula is C25H27N5O. The lowest BCUT2D eigenvalue weighted by atomic mass is 10.1. The first kappa shape index (κ1) is 19.6. The zero-order chi connectivity index (χ0) is 21.0. The Bertz CT molecular complexity index is 1130. The Morgan fingerprint density at radius 1 is 1.10 bits per heavy atom. The molecular weight excluding hydrogens is 386 g/mol. The van der Waals surface area contributed by atoms with Crippen molar-refractivity contribution in [2.24, 2.45) is 0 Å². The van der Waals surface area contributed by atoms with Gasteiger partial charge >= 0.3 is 0 Å². The summed E-state index contributed by atoms with van der Waals surface area (Å²) in [7, 11) is 0. The highest BCUT2D eigenvalue weighted by molar-refractivity contribution is 5.64. The molecule has 0 amide bonds. The molecule has 6 nitrogen and oxygen atoms in total. The van der Waals surface area contributed by atoms with Gasteiger partial charge in [-0.05, 0) is 68.3 Å². The van der Waals surface area contributed by atoms with Gasteiger partial charge in [-0.1, -0.05) is 30.3 Å². The van der Waals surface area contributed by atoms with Crippen LogP contribution in [0.4, 0.5) is 5.82 Å². The van der Waals surface area contributed by atoms with Crippen molar-refractivity contribution in [2.45, 2.75) is 31.8 Å². The van der Waals surface area contributed by atoms with Crippen molar-refractivity contribution in [3.63, 3.8) is 0 Å². The lowest BCUT2D eigenvalue weighted by Gasteiger charge is -2.15. The van der Waals surface area contributed by atoms with Crippen molar-refractivity contribution < 1.29 is 4.74 Å². The Kier molecular flexibility index (Phi) is 5.54. The second kappa shape index (κ2) is 8.78. The molecule has 6 heteroatoms. The van der Waals surface area contributed by atoms with E-state index in [0.717, 1.165) is 35.0 Å². The number of imidazole rings is 1. The number of rotatable bonds is 7. The first-order chi connectivity index (χ1) is 15.3. The largest absolute Gasteiger partial charge is 0.492 e. The SMILES string of the molecule is C[C@@H](Nc1ccc2ncc(-c3ccc(OC[C@@H]4CCCN4)cc3)n2n1)c1ccccc1. The predicted molar refractivity (Wildman–Crippen MR) is 123 cm³/mol. The maximum Gasteiger partial charge on any atom is 0.154 e. The zero-order valence-corrected chi connectivity index (χ0v) is 17.7. The Labute approximate surface area is 182 Å². The monoisotopic (exact) mass is 413 g/mol. The molecule has 0 spiro atoms. The van der Waals surface area contributed by atoms with Crippen LogP contribution >= 0.6 is 0 Å². The molecule has 2 aromatic heterocycles. The van der Waals surface area contributed by atoms with Crippen LogP contribution in [0.1, 0.15) is 31.4 Å². The first-order valence-electron chi connectivity index (χ1n) is 10.9. The molecule has 0 radical (unpaired) electrons. The topological polar surface area (TPSA) is 63.5 Å². The van der Waals surface area contributed by atoms with Crippen molar-refractivity contribution in [1.29, 1.82) is 0 Å². The smallest absolute Gasteiger partial charge is 0.154 e. The Morgan fingerprint density at radius 3 is 2.71 bits per heavy atom. The molecule has 4 aromatic rings. The molecule has 0 aliphatic carbocycles. The summed E-state index contributed by atoms with van der Waals surface area (Å²) in [4.78, 5) is 4.52. The van der Waals surface area contributed by atoms with E-state index in [1.807, 2.05) is 41.0 Å². The van der Waals surface area contributed by atoms with Gasteiger partial charge < -0.3 is 15.4 Å². The van der Waals surface area contributed by atoms with Gasteiger partial charge in [0.1, 0.15) is 18.2 Å². The van der Waals surface area contributed by atoms with Crippen LogP contribution in [0.5, 0.6) is 5.75 Å². The van der Waals surface area contributed by atoms with Crippen LogP contribution in [0, 0.1) is 0 Å². The number of nitrogens with zero attached hydrogens (tertiary/aromatic N) is 3. The minimum absolute atomic E-state index is 0.156. The fraction of sp³-hybridized carbons (Fsp3) is 0.280. The van der Waals surface area contributed by atoms with E-state index in [4.69, 9.17) is 9.84 Å². The minimum atomic E-state index is 0.156. The van der Waals surface area contributed by atoms with Gasteiger partial charge in [0, 0.05) is 17.6 Å². The maximum absolute atomic E-state index is 5.94. The molecule has 2 N–H and O–H groups in total. The molecule has 1 aliphatic rings. The van der Waals surface area contributed by atoms with Gasteiger partial charge in [-0.15, -0.1) is 5.10 Å². The highest BCUT2D eigenvalue weighted by Crippen LogP contribution is 2.25. The third-order valence-corrected chi connectivity index (χ3v) is 5.79. The summed E-state index contributed by atoms with van der Waals surface area (Å²) in [5, 5.41) is 11.7. The van der Waals surface area contributed by atoms with E-state index < -0.39 is 0 Å². The van der Waals surface area contributed by atoms with E-state index in [1.165, 1.54) is 18.4 Å². The molecule has 1 fully saturated rings. The summed E-state index contributed by atoms with van der Waals surface area (Å²) >= 11 is 0.